The Morgan fingerprint density at radius 3 is 2.71 bits per heavy atom. The fourth-order valence-corrected chi connectivity index (χ4v) is 4.06. The number of oxazole rings is 1. The van der Waals surface area contributed by atoms with Gasteiger partial charge in [0.05, 0.1) is 5.52 Å². The van der Waals surface area contributed by atoms with Gasteiger partial charge in [-0.2, -0.15) is 0 Å². The van der Waals surface area contributed by atoms with Crippen LogP contribution >= 0.6 is 0 Å². The molecule has 1 amide bonds. The van der Waals surface area contributed by atoms with Crippen molar-refractivity contribution in [3.05, 3.63) is 58.1 Å². The number of amides is 1. The minimum Gasteiger partial charge on any atom is -0.465 e. The van der Waals surface area contributed by atoms with E-state index in [0.29, 0.717) is 41.9 Å². The molecular formula is C22H29N3O5Si. The quantitative estimate of drug-likeness (QED) is 0.257. The number of aryl methyl sites for hydroxylation is 2. The number of benzene rings is 2. The number of nitrogen functional groups attached to an aromatic ring is 1. The molecule has 8 nitrogen and oxygen atoms in total. The van der Waals surface area contributed by atoms with Crippen LogP contribution in [0.4, 0.5) is 16.2 Å². The van der Waals surface area contributed by atoms with Crippen molar-refractivity contribution in [1.82, 2.24) is 4.57 Å². The van der Waals surface area contributed by atoms with Gasteiger partial charge < -0.3 is 20.0 Å². The van der Waals surface area contributed by atoms with E-state index in [1.807, 2.05) is 6.07 Å². The number of hydrogen-bond donors (Lipinski definition) is 3. The molecule has 4 N–H and O–H groups in total. The molecule has 3 aromatic rings. The second-order valence-electron chi connectivity index (χ2n) is 8.80. The van der Waals surface area contributed by atoms with Gasteiger partial charge in [0.1, 0.15) is 6.73 Å². The summed E-state index contributed by atoms with van der Waals surface area (Å²) in [6, 6.07) is 11.7. The minimum atomic E-state index is -1.21. The lowest BCUT2D eigenvalue weighted by Crippen LogP contribution is -2.23. The maximum atomic E-state index is 12.4. The third-order valence-corrected chi connectivity index (χ3v) is 6.65. The third-order valence-electron chi connectivity index (χ3n) is 4.95. The highest BCUT2D eigenvalue weighted by Gasteiger charge is 2.16. The second-order valence-corrected chi connectivity index (χ2v) is 14.4. The number of carboxylic acid groups (broad SMARTS) is 1. The molecule has 0 radical (unpaired) electrons. The summed E-state index contributed by atoms with van der Waals surface area (Å²) in [6.07, 6.45) is 0.112. The zero-order valence-electron chi connectivity index (χ0n) is 18.1. The molecule has 3 rings (SSSR count). The molecule has 0 atom stereocenters. The van der Waals surface area contributed by atoms with E-state index in [4.69, 9.17) is 20.0 Å². The molecule has 0 bridgehead atoms. The van der Waals surface area contributed by atoms with Crippen LogP contribution in [-0.4, -0.2) is 30.4 Å². The largest absolute Gasteiger partial charge is 0.465 e. The number of nitrogens with one attached hydrogen (secondary N) is 1. The maximum absolute atomic E-state index is 12.4. The van der Waals surface area contributed by atoms with E-state index < -0.39 is 19.9 Å². The first kappa shape index (κ1) is 22.6. The molecule has 0 aliphatic heterocycles. The van der Waals surface area contributed by atoms with Crippen LogP contribution in [0.3, 0.4) is 0 Å². The Bertz CT molecular complexity index is 1130. The van der Waals surface area contributed by atoms with Gasteiger partial charge in [-0.25, -0.2) is 14.2 Å². The van der Waals surface area contributed by atoms with Gasteiger partial charge in [0.25, 0.3) is 0 Å². The first-order valence-corrected chi connectivity index (χ1v) is 13.9. The van der Waals surface area contributed by atoms with E-state index in [9.17, 15) is 9.59 Å². The van der Waals surface area contributed by atoms with E-state index in [1.165, 1.54) is 4.57 Å². The van der Waals surface area contributed by atoms with Crippen LogP contribution in [0.25, 0.3) is 11.1 Å². The average molecular weight is 444 g/mol. The Kier molecular flexibility index (Phi) is 6.86. The van der Waals surface area contributed by atoms with E-state index in [-0.39, 0.29) is 6.73 Å². The minimum absolute atomic E-state index is 0.127. The first-order chi connectivity index (χ1) is 14.6. The lowest BCUT2D eigenvalue weighted by Gasteiger charge is -2.15. The summed E-state index contributed by atoms with van der Waals surface area (Å²) in [5.74, 6) is -0.470. The molecule has 31 heavy (non-hydrogen) atoms. The molecule has 166 valence electrons. The number of ether oxygens (including phenoxy) is 1. The van der Waals surface area contributed by atoms with Crippen LogP contribution in [0.2, 0.25) is 25.7 Å². The number of anilines is 2. The number of carbonyl (C=O) groups is 1. The molecule has 0 aliphatic rings. The zero-order chi connectivity index (χ0) is 22.6. The van der Waals surface area contributed by atoms with Gasteiger partial charge >= 0.3 is 11.8 Å². The van der Waals surface area contributed by atoms with Crippen LogP contribution in [0, 0.1) is 0 Å². The van der Waals surface area contributed by atoms with Gasteiger partial charge in [-0.3, -0.25) is 5.32 Å². The van der Waals surface area contributed by atoms with Crippen molar-refractivity contribution in [3.63, 3.8) is 0 Å². The normalized spacial score (nSPS) is 11.7. The summed E-state index contributed by atoms with van der Waals surface area (Å²) < 4.78 is 12.7. The summed E-state index contributed by atoms with van der Waals surface area (Å²) in [6.45, 7) is 7.55. The highest BCUT2D eigenvalue weighted by Crippen LogP contribution is 2.24. The Hall–Kier alpha value is -3.04. The molecule has 0 unspecified atom stereocenters. The van der Waals surface area contributed by atoms with Crippen molar-refractivity contribution in [2.75, 3.05) is 17.7 Å². The van der Waals surface area contributed by atoms with Gasteiger partial charge in [0, 0.05) is 26.1 Å². The molecule has 0 spiro atoms. The van der Waals surface area contributed by atoms with Crippen LogP contribution < -0.4 is 16.8 Å². The topological polar surface area (TPSA) is 120 Å². The van der Waals surface area contributed by atoms with Crippen LogP contribution in [0.15, 0.2) is 45.6 Å². The summed E-state index contributed by atoms with van der Waals surface area (Å²) in [7, 11) is -1.21. The zero-order valence-corrected chi connectivity index (χ0v) is 19.1. The molecule has 0 saturated heterocycles. The summed E-state index contributed by atoms with van der Waals surface area (Å²) in [5, 5.41) is 11.2. The van der Waals surface area contributed by atoms with Crippen LogP contribution in [-0.2, 0) is 24.3 Å². The van der Waals surface area contributed by atoms with Crippen molar-refractivity contribution >= 4 is 36.6 Å². The number of nitrogens with two attached hydrogens (primary N) is 1. The van der Waals surface area contributed by atoms with Crippen LogP contribution in [0.5, 0.6) is 0 Å². The standard InChI is InChI=1S/C22H29N3O5Si/c1-31(2,3)10-9-29-14-25-19-13-17(23)12-16(20(19)30-22(25)28)8-7-15-5-4-6-18(11-15)24-21(26)27/h4-6,11-13,24H,7-10,14,23H2,1-3H3,(H,26,27). The summed E-state index contributed by atoms with van der Waals surface area (Å²) >= 11 is 0. The number of rotatable bonds is 9. The predicted octanol–water partition coefficient (Wildman–Crippen LogP) is 4.36. The number of fused-ring (bicyclic) bond motifs is 1. The Labute approximate surface area is 181 Å². The van der Waals surface area contributed by atoms with Gasteiger partial charge in [-0.05, 0) is 54.3 Å². The van der Waals surface area contributed by atoms with Gasteiger partial charge in [0.15, 0.2) is 5.58 Å². The van der Waals surface area contributed by atoms with Gasteiger partial charge in [-0.15, -0.1) is 0 Å². The average Bonchev–Trinajstić information content (AvgIpc) is 2.97. The lowest BCUT2D eigenvalue weighted by molar-refractivity contribution is 0.0850. The molecule has 1 aromatic heterocycles. The Balaban J connectivity index is 1.77. The first-order valence-electron chi connectivity index (χ1n) is 10.2. The number of hydrogen-bond acceptors (Lipinski definition) is 5. The predicted molar refractivity (Wildman–Crippen MR) is 124 cm³/mol. The number of nitrogens with zero attached hydrogens (tertiary/aromatic N) is 1. The fraction of sp³-hybridized carbons (Fsp3) is 0.364. The lowest BCUT2D eigenvalue weighted by atomic mass is 10.0. The molecule has 0 saturated carbocycles. The van der Waals surface area contributed by atoms with Crippen molar-refractivity contribution in [2.45, 2.75) is 45.3 Å². The third kappa shape index (κ3) is 6.22. The van der Waals surface area contributed by atoms with E-state index in [0.717, 1.165) is 17.2 Å². The molecule has 9 heteroatoms. The molecule has 1 heterocycles. The maximum Gasteiger partial charge on any atom is 0.421 e. The van der Waals surface area contributed by atoms with Crippen molar-refractivity contribution < 1.29 is 19.1 Å². The SMILES string of the molecule is C[Si](C)(C)CCOCn1c(=O)oc2c(CCc3cccc(NC(=O)O)c3)cc(N)cc21. The fourth-order valence-electron chi connectivity index (χ4n) is 3.30. The van der Waals surface area contributed by atoms with Crippen molar-refractivity contribution in [3.8, 4) is 0 Å². The van der Waals surface area contributed by atoms with E-state index in [1.54, 1.807) is 30.3 Å². The summed E-state index contributed by atoms with van der Waals surface area (Å²) in [4.78, 5) is 23.3. The molecule has 0 fully saturated rings. The van der Waals surface area contributed by atoms with Crippen molar-refractivity contribution in [1.29, 1.82) is 0 Å². The highest BCUT2D eigenvalue weighted by molar-refractivity contribution is 6.76. The second kappa shape index (κ2) is 9.40. The Morgan fingerprint density at radius 1 is 1.23 bits per heavy atom. The molecule has 0 aliphatic carbocycles. The van der Waals surface area contributed by atoms with Gasteiger partial charge in [0.2, 0.25) is 0 Å². The van der Waals surface area contributed by atoms with E-state index >= 15 is 0 Å². The summed E-state index contributed by atoms with van der Waals surface area (Å²) in [5.41, 5.74) is 10.1. The van der Waals surface area contributed by atoms with Crippen molar-refractivity contribution in [2.24, 2.45) is 0 Å². The molecule has 2 aromatic carbocycles. The highest BCUT2D eigenvalue weighted by atomic mass is 28.3. The molecular weight excluding hydrogens is 414 g/mol. The smallest absolute Gasteiger partial charge is 0.421 e. The van der Waals surface area contributed by atoms with Crippen LogP contribution in [0.1, 0.15) is 11.1 Å². The number of aromatic nitrogens is 1. The van der Waals surface area contributed by atoms with Gasteiger partial charge in [-0.1, -0.05) is 31.8 Å². The monoisotopic (exact) mass is 443 g/mol. The Morgan fingerprint density at radius 2 is 2.00 bits per heavy atom. The van der Waals surface area contributed by atoms with E-state index in [2.05, 4.69) is 25.0 Å².